The highest BCUT2D eigenvalue weighted by molar-refractivity contribution is 4.87. The zero-order valence-electron chi connectivity index (χ0n) is 8.88. The summed E-state index contributed by atoms with van der Waals surface area (Å²) in [6, 6.07) is 1.28. The second kappa shape index (κ2) is 6.24. The van der Waals surface area contributed by atoms with Gasteiger partial charge in [-0.2, -0.15) is 0 Å². The van der Waals surface area contributed by atoms with E-state index in [4.69, 9.17) is 0 Å². The molecule has 0 fully saturated rings. The molecular weight excluding hydrogens is 146 g/mol. The molecule has 0 aromatic carbocycles. The van der Waals surface area contributed by atoms with Crippen LogP contribution in [0.15, 0.2) is 12.7 Å². The Hall–Kier alpha value is -0.300. The van der Waals surface area contributed by atoms with Crippen molar-refractivity contribution in [1.82, 2.24) is 4.90 Å². The standard InChI is InChI=1S/C11H22N/c1-6-7-8-9-12(10(2)3)11(4)5/h6-7,10-11H,1,8-9H2,2-5H3. The Morgan fingerprint density at radius 3 is 2.00 bits per heavy atom. The molecule has 0 amide bonds. The maximum Gasteiger partial charge on any atom is 0.00412 e. The van der Waals surface area contributed by atoms with E-state index in [9.17, 15) is 0 Å². The molecular formula is C11H22N. The molecule has 0 aromatic heterocycles. The Morgan fingerprint density at radius 2 is 1.67 bits per heavy atom. The van der Waals surface area contributed by atoms with E-state index in [2.05, 4.69) is 45.6 Å². The van der Waals surface area contributed by atoms with Gasteiger partial charge in [0.15, 0.2) is 0 Å². The van der Waals surface area contributed by atoms with Gasteiger partial charge in [-0.1, -0.05) is 6.08 Å². The zero-order chi connectivity index (χ0) is 9.56. The van der Waals surface area contributed by atoms with Crippen LogP contribution in [0.1, 0.15) is 34.1 Å². The van der Waals surface area contributed by atoms with Crippen molar-refractivity contribution in [3.8, 4) is 0 Å². The molecule has 12 heavy (non-hydrogen) atoms. The number of rotatable bonds is 6. The summed E-state index contributed by atoms with van der Waals surface area (Å²) in [5.74, 6) is 0. The molecule has 0 aromatic rings. The summed E-state index contributed by atoms with van der Waals surface area (Å²) in [7, 11) is 0. The lowest BCUT2D eigenvalue weighted by atomic mass is 10.2. The predicted molar refractivity (Wildman–Crippen MR) is 56.1 cm³/mol. The molecule has 1 radical (unpaired) electrons. The van der Waals surface area contributed by atoms with E-state index in [0.29, 0.717) is 12.1 Å². The second-order valence-electron chi connectivity index (χ2n) is 3.69. The van der Waals surface area contributed by atoms with E-state index in [0.717, 1.165) is 13.0 Å². The quantitative estimate of drug-likeness (QED) is 0.551. The Morgan fingerprint density at radius 1 is 1.17 bits per heavy atom. The molecule has 0 aliphatic heterocycles. The molecule has 0 heterocycles. The van der Waals surface area contributed by atoms with Crippen molar-refractivity contribution in [3.63, 3.8) is 0 Å². The van der Waals surface area contributed by atoms with Gasteiger partial charge in [0.05, 0.1) is 0 Å². The van der Waals surface area contributed by atoms with Crippen molar-refractivity contribution in [3.05, 3.63) is 19.1 Å². The number of unbranched alkanes of at least 4 members (excludes halogenated alkanes) is 1. The highest BCUT2D eigenvalue weighted by Crippen LogP contribution is 2.06. The van der Waals surface area contributed by atoms with Crippen LogP contribution in [0.4, 0.5) is 0 Å². The monoisotopic (exact) mass is 168 g/mol. The fourth-order valence-corrected chi connectivity index (χ4v) is 1.45. The average Bonchev–Trinajstić information content (AvgIpc) is 1.96. The van der Waals surface area contributed by atoms with E-state index in [1.165, 1.54) is 0 Å². The Balaban J connectivity index is 3.71. The van der Waals surface area contributed by atoms with Gasteiger partial charge in [-0.05, 0) is 47.1 Å². The normalized spacial score (nSPS) is 11.6. The molecule has 0 saturated carbocycles. The first-order valence-electron chi connectivity index (χ1n) is 4.79. The van der Waals surface area contributed by atoms with Crippen LogP contribution in [0.2, 0.25) is 0 Å². The van der Waals surface area contributed by atoms with Crippen LogP contribution in [-0.2, 0) is 0 Å². The summed E-state index contributed by atoms with van der Waals surface area (Å²) < 4.78 is 0. The molecule has 1 nitrogen and oxygen atoms in total. The molecule has 0 aliphatic carbocycles. The summed E-state index contributed by atoms with van der Waals surface area (Å²) >= 11 is 0. The van der Waals surface area contributed by atoms with Crippen molar-refractivity contribution >= 4 is 0 Å². The third-order valence-electron chi connectivity index (χ3n) is 2.05. The summed E-state index contributed by atoms with van der Waals surface area (Å²) in [5, 5.41) is 0. The Bertz CT molecular complexity index is 108. The minimum atomic E-state index is 0.642. The Kier molecular flexibility index (Phi) is 6.09. The van der Waals surface area contributed by atoms with Crippen molar-refractivity contribution in [2.75, 3.05) is 6.54 Å². The van der Waals surface area contributed by atoms with Gasteiger partial charge in [0.2, 0.25) is 0 Å². The number of nitrogens with zero attached hydrogens (tertiary/aromatic N) is 1. The first-order chi connectivity index (χ1) is 5.59. The van der Waals surface area contributed by atoms with Gasteiger partial charge < -0.3 is 0 Å². The van der Waals surface area contributed by atoms with Crippen LogP contribution in [0.5, 0.6) is 0 Å². The Labute approximate surface area is 77.5 Å². The summed E-state index contributed by atoms with van der Waals surface area (Å²) in [6.07, 6.45) is 5.11. The first-order valence-corrected chi connectivity index (χ1v) is 4.79. The molecule has 0 atom stereocenters. The topological polar surface area (TPSA) is 3.24 Å². The smallest absolute Gasteiger partial charge is 0.00412 e. The minimum absolute atomic E-state index is 0.642. The highest BCUT2D eigenvalue weighted by atomic mass is 15.2. The highest BCUT2D eigenvalue weighted by Gasteiger charge is 2.11. The molecule has 0 saturated heterocycles. The van der Waals surface area contributed by atoms with Gasteiger partial charge in [-0.25, -0.2) is 0 Å². The molecule has 1 heteroatoms. The van der Waals surface area contributed by atoms with Crippen LogP contribution in [-0.4, -0.2) is 23.5 Å². The third-order valence-corrected chi connectivity index (χ3v) is 2.05. The van der Waals surface area contributed by atoms with E-state index in [1.807, 2.05) is 6.08 Å². The van der Waals surface area contributed by atoms with E-state index >= 15 is 0 Å². The minimum Gasteiger partial charge on any atom is -0.299 e. The molecule has 0 rings (SSSR count). The largest absolute Gasteiger partial charge is 0.299 e. The summed E-state index contributed by atoms with van der Waals surface area (Å²) in [4.78, 5) is 2.49. The predicted octanol–water partition coefficient (Wildman–Crippen LogP) is 2.89. The second-order valence-corrected chi connectivity index (χ2v) is 3.69. The molecule has 0 unspecified atom stereocenters. The van der Waals surface area contributed by atoms with Gasteiger partial charge in [0.25, 0.3) is 0 Å². The maximum absolute atomic E-state index is 3.67. The summed E-state index contributed by atoms with van der Waals surface area (Å²) in [5.41, 5.74) is 0. The lowest BCUT2D eigenvalue weighted by molar-refractivity contribution is 0.177. The zero-order valence-corrected chi connectivity index (χ0v) is 8.88. The van der Waals surface area contributed by atoms with Gasteiger partial charge in [0.1, 0.15) is 0 Å². The van der Waals surface area contributed by atoms with Crippen molar-refractivity contribution in [2.24, 2.45) is 0 Å². The SMILES string of the molecule is C=C[CH]CCN(C(C)C)C(C)C. The summed E-state index contributed by atoms with van der Waals surface area (Å²) in [6.45, 7) is 13.8. The van der Waals surface area contributed by atoms with E-state index in [-0.39, 0.29) is 0 Å². The van der Waals surface area contributed by atoms with Crippen molar-refractivity contribution in [1.29, 1.82) is 0 Å². The third kappa shape index (κ3) is 4.55. The molecule has 0 aliphatic rings. The van der Waals surface area contributed by atoms with Crippen LogP contribution >= 0.6 is 0 Å². The first kappa shape index (κ1) is 11.7. The van der Waals surface area contributed by atoms with Crippen LogP contribution in [0, 0.1) is 6.42 Å². The molecule has 71 valence electrons. The molecule has 0 bridgehead atoms. The number of hydrogen-bond donors (Lipinski definition) is 0. The average molecular weight is 168 g/mol. The van der Waals surface area contributed by atoms with Gasteiger partial charge >= 0.3 is 0 Å². The molecule has 0 N–H and O–H groups in total. The number of hydrogen-bond acceptors (Lipinski definition) is 1. The lowest BCUT2D eigenvalue weighted by Gasteiger charge is -2.30. The number of allylic oxidation sites excluding steroid dienone is 1. The maximum atomic E-state index is 3.67. The fraction of sp³-hybridized carbons (Fsp3) is 0.727. The van der Waals surface area contributed by atoms with E-state index in [1.54, 1.807) is 0 Å². The fourth-order valence-electron chi connectivity index (χ4n) is 1.45. The van der Waals surface area contributed by atoms with Crippen LogP contribution < -0.4 is 0 Å². The van der Waals surface area contributed by atoms with Crippen LogP contribution in [0.3, 0.4) is 0 Å². The lowest BCUT2D eigenvalue weighted by Crippen LogP contribution is -2.37. The molecule has 0 spiro atoms. The van der Waals surface area contributed by atoms with Crippen molar-refractivity contribution < 1.29 is 0 Å². The van der Waals surface area contributed by atoms with Gasteiger partial charge in [0, 0.05) is 12.1 Å². The van der Waals surface area contributed by atoms with Crippen molar-refractivity contribution in [2.45, 2.75) is 46.2 Å². The van der Waals surface area contributed by atoms with Crippen LogP contribution in [0.25, 0.3) is 0 Å². The van der Waals surface area contributed by atoms with Gasteiger partial charge in [-0.15, -0.1) is 6.58 Å². The van der Waals surface area contributed by atoms with Gasteiger partial charge in [-0.3, -0.25) is 4.90 Å². The van der Waals surface area contributed by atoms with E-state index < -0.39 is 0 Å².